The van der Waals surface area contributed by atoms with Crippen LogP contribution in [0.25, 0.3) is 11.1 Å². The van der Waals surface area contributed by atoms with Crippen LogP contribution in [-0.2, 0) is 18.4 Å². The first-order chi connectivity index (χ1) is 13.0. The Morgan fingerprint density at radius 1 is 1.30 bits per heavy atom. The minimum absolute atomic E-state index is 0.138. The molecule has 2 heterocycles. The third kappa shape index (κ3) is 3.38. The summed E-state index contributed by atoms with van der Waals surface area (Å²) in [6.45, 7) is 1.15. The van der Waals surface area contributed by atoms with Gasteiger partial charge >= 0.3 is 5.76 Å². The highest BCUT2D eigenvalue weighted by molar-refractivity contribution is 5.96. The summed E-state index contributed by atoms with van der Waals surface area (Å²) in [4.78, 5) is 26.4. The van der Waals surface area contributed by atoms with Gasteiger partial charge in [-0.05, 0) is 37.6 Å². The van der Waals surface area contributed by atoms with Crippen LogP contribution in [0, 0.1) is 5.82 Å². The molecule has 3 aromatic rings. The van der Waals surface area contributed by atoms with Crippen LogP contribution in [0.15, 0.2) is 51.7 Å². The van der Waals surface area contributed by atoms with Crippen molar-refractivity contribution in [1.82, 2.24) is 9.47 Å². The van der Waals surface area contributed by atoms with E-state index in [2.05, 4.69) is 5.32 Å². The van der Waals surface area contributed by atoms with Gasteiger partial charge in [-0.2, -0.15) is 0 Å². The molecule has 1 atom stereocenters. The highest BCUT2D eigenvalue weighted by Crippen LogP contribution is 2.24. The van der Waals surface area contributed by atoms with Crippen molar-refractivity contribution in [3.63, 3.8) is 0 Å². The minimum Gasteiger partial charge on any atom is -0.408 e. The lowest BCUT2D eigenvalue weighted by Gasteiger charge is -2.24. The summed E-state index contributed by atoms with van der Waals surface area (Å²) in [5.41, 5.74) is 2.25. The summed E-state index contributed by atoms with van der Waals surface area (Å²) < 4.78 is 20.5. The smallest absolute Gasteiger partial charge is 0.408 e. The summed E-state index contributed by atoms with van der Waals surface area (Å²) >= 11 is 0. The second-order valence-electron chi connectivity index (χ2n) is 6.82. The van der Waals surface area contributed by atoms with Gasteiger partial charge in [0.1, 0.15) is 5.82 Å². The van der Waals surface area contributed by atoms with E-state index in [9.17, 15) is 14.0 Å². The Hall–Kier alpha value is -2.93. The van der Waals surface area contributed by atoms with Crippen LogP contribution in [0.5, 0.6) is 0 Å². The molecule has 1 unspecified atom stereocenters. The number of nitrogens with one attached hydrogen (secondary N) is 1. The molecule has 1 saturated heterocycles. The van der Waals surface area contributed by atoms with Gasteiger partial charge in [-0.1, -0.05) is 18.2 Å². The summed E-state index contributed by atoms with van der Waals surface area (Å²) in [5, 5.41) is 2.89. The Labute approximate surface area is 155 Å². The van der Waals surface area contributed by atoms with Crippen molar-refractivity contribution in [3.8, 4) is 0 Å². The van der Waals surface area contributed by atoms with Crippen LogP contribution in [0.2, 0.25) is 0 Å². The normalized spacial score (nSPS) is 17.5. The first kappa shape index (κ1) is 17.5. The Bertz CT molecular complexity index is 1060. The van der Waals surface area contributed by atoms with Crippen molar-refractivity contribution in [1.29, 1.82) is 0 Å². The van der Waals surface area contributed by atoms with Crippen molar-refractivity contribution in [2.24, 2.45) is 7.05 Å². The van der Waals surface area contributed by atoms with E-state index in [1.807, 2.05) is 4.90 Å². The number of nitrogens with zero attached hydrogens (tertiary/aromatic N) is 2. The Kier molecular flexibility index (Phi) is 4.53. The van der Waals surface area contributed by atoms with Crippen molar-refractivity contribution >= 4 is 22.7 Å². The van der Waals surface area contributed by atoms with Gasteiger partial charge in [-0.15, -0.1) is 0 Å². The predicted molar refractivity (Wildman–Crippen MR) is 99.9 cm³/mol. The molecule has 2 aromatic carbocycles. The van der Waals surface area contributed by atoms with Gasteiger partial charge in [0.2, 0.25) is 5.91 Å². The number of anilines is 1. The quantitative estimate of drug-likeness (QED) is 0.768. The molecular weight excluding hydrogens is 349 g/mol. The molecule has 4 rings (SSSR count). The molecule has 0 aliphatic carbocycles. The minimum atomic E-state index is -0.444. The molecule has 1 aromatic heterocycles. The fourth-order valence-corrected chi connectivity index (χ4v) is 3.59. The first-order valence-electron chi connectivity index (χ1n) is 8.91. The number of halogens is 1. The molecule has 0 bridgehead atoms. The number of rotatable bonds is 4. The molecule has 7 heteroatoms. The maximum absolute atomic E-state index is 13.9. The summed E-state index contributed by atoms with van der Waals surface area (Å²) in [7, 11) is 1.63. The first-order valence-corrected chi connectivity index (χ1v) is 8.91. The fraction of sp³-hybridized carbons (Fsp3) is 0.300. The lowest BCUT2D eigenvalue weighted by atomic mass is 10.1. The lowest BCUT2D eigenvalue weighted by molar-refractivity contribution is -0.120. The van der Waals surface area contributed by atoms with Crippen molar-refractivity contribution in [3.05, 3.63) is 64.4 Å². The van der Waals surface area contributed by atoms with E-state index in [4.69, 9.17) is 4.42 Å². The number of hydrogen-bond donors (Lipinski definition) is 1. The molecular formula is C20H20FN3O3. The maximum atomic E-state index is 13.9. The highest BCUT2D eigenvalue weighted by atomic mass is 19.1. The number of oxazole rings is 1. The topological polar surface area (TPSA) is 67.5 Å². The average molecular weight is 369 g/mol. The molecule has 1 amide bonds. The number of aromatic nitrogens is 1. The van der Waals surface area contributed by atoms with E-state index in [1.54, 1.807) is 43.4 Å². The number of aryl methyl sites for hydroxylation is 1. The Balaban J connectivity index is 1.50. The molecule has 27 heavy (non-hydrogen) atoms. The second kappa shape index (κ2) is 7.00. The van der Waals surface area contributed by atoms with Crippen LogP contribution in [0.3, 0.4) is 0 Å². The Morgan fingerprint density at radius 3 is 2.93 bits per heavy atom. The zero-order chi connectivity index (χ0) is 19.0. The van der Waals surface area contributed by atoms with Crippen LogP contribution < -0.4 is 11.1 Å². The number of amides is 1. The van der Waals surface area contributed by atoms with E-state index < -0.39 is 5.76 Å². The van der Waals surface area contributed by atoms with Gasteiger partial charge in [0.05, 0.1) is 11.6 Å². The van der Waals surface area contributed by atoms with E-state index in [-0.39, 0.29) is 17.8 Å². The summed E-state index contributed by atoms with van der Waals surface area (Å²) in [6, 6.07) is 11.4. The van der Waals surface area contributed by atoms with Gasteiger partial charge in [-0.25, -0.2) is 9.18 Å². The van der Waals surface area contributed by atoms with E-state index >= 15 is 0 Å². The van der Waals surface area contributed by atoms with Gasteiger partial charge in [0, 0.05) is 30.9 Å². The van der Waals surface area contributed by atoms with E-state index in [0.717, 1.165) is 19.4 Å². The molecule has 1 N–H and O–H groups in total. The Morgan fingerprint density at radius 2 is 2.11 bits per heavy atom. The zero-order valence-corrected chi connectivity index (χ0v) is 14.9. The number of carbonyl (C=O) groups is 1. The fourth-order valence-electron chi connectivity index (χ4n) is 3.59. The van der Waals surface area contributed by atoms with Crippen LogP contribution >= 0.6 is 0 Å². The zero-order valence-electron chi connectivity index (χ0n) is 14.9. The number of hydrogen-bond acceptors (Lipinski definition) is 4. The second-order valence-corrected chi connectivity index (χ2v) is 6.82. The monoisotopic (exact) mass is 369 g/mol. The number of benzene rings is 2. The highest BCUT2D eigenvalue weighted by Gasteiger charge is 2.31. The molecule has 0 spiro atoms. The molecule has 140 valence electrons. The van der Waals surface area contributed by atoms with Gasteiger partial charge < -0.3 is 9.73 Å². The molecule has 1 aliphatic rings. The van der Waals surface area contributed by atoms with Crippen molar-refractivity contribution < 1.29 is 13.6 Å². The maximum Gasteiger partial charge on any atom is 0.419 e. The van der Waals surface area contributed by atoms with E-state index in [0.29, 0.717) is 28.9 Å². The molecule has 0 saturated carbocycles. The summed E-state index contributed by atoms with van der Waals surface area (Å²) in [6.07, 6.45) is 1.61. The SMILES string of the molecule is Cn1c(=O)oc2cc(NC(=O)C3CCCN3Cc3ccccc3F)ccc21. The van der Waals surface area contributed by atoms with Crippen molar-refractivity contribution in [2.75, 3.05) is 11.9 Å². The van der Waals surface area contributed by atoms with Gasteiger partial charge in [0.15, 0.2) is 5.58 Å². The third-order valence-corrected chi connectivity index (χ3v) is 5.06. The molecule has 0 radical (unpaired) electrons. The van der Waals surface area contributed by atoms with Crippen LogP contribution in [-0.4, -0.2) is 28.0 Å². The van der Waals surface area contributed by atoms with Gasteiger partial charge in [-0.3, -0.25) is 14.3 Å². The van der Waals surface area contributed by atoms with Gasteiger partial charge in [0.25, 0.3) is 0 Å². The largest absolute Gasteiger partial charge is 0.419 e. The predicted octanol–water partition coefficient (Wildman–Crippen LogP) is 2.87. The standard InChI is InChI=1S/C20H20FN3O3/c1-23-16-9-8-14(11-18(16)27-20(23)26)22-19(25)17-7-4-10-24(17)12-13-5-2-3-6-15(13)21/h2-3,5-6,8-9,11,17H,4,7,10,12H2,1H3,(H,22,25). The van der Waals surface area contributed by atoms with E-state index in [1.165, 1.54) is 10.6 Å². The molecule has 6 nitrogen and oxygen atoms in total. The number of fused-ring (bicyclic) bond motifs is 1. The third-order valence-electron chi connectivity index (χ3n) is 5.06. The van der Waals surface area contributed by atoms with Crippen LogP contribution in [0.1, 0.15) is 18.4 Å². The summed E-state index contributed by atoms with van der Waals surface area (Å²) in [5.74, 6) is -0.838. The number of likely N-dealkylation sites (tertiary alicyclic amines) is 1. The average Bonchev–Trinajstić information content (AvgIpc) is 3.22. The molecule has 1 fully saturated rings. The molecule has 1 aliphatic heterocycles. The van der Waals surface area contributed by atoms with Crippen molar-refractivity contribution in [2.45, 2.75) is 25.4 Å². The lowest BCUT2D eigenvalue weighted by Crippen LogP contribution is -2.39. The van der Waals surface area contributed by atoms with Crippen LogP contribution in [0.4, 0.5) is 10.1 Å². The number of carbonyl (C=O) groups excluding carboxylic acids is 1.